The molecule has 0 radical (unpaired) electrons. The van der Waals surface area contributed by atoms with Crippen LogP contribution in [0.5, 0.6) is 0 Å². The van der Waals surface area contributed by atoms with Crippen LogP contribution in [0.25, 0.3) is 0 Å². The fraction of sp³-hybridized carbons (Fsp3) is 0.909. The molecule has 2 aliphatic rings. The van der Waals surface area contributed by atoms with Crippen LogP contribution in [0.4, 0.5) is 0 Å². The van der Waals surface area contributed by atoms with E-state index in [0.29, 0.717) is 0 Å². The smallest absolute Gasteiger partial charge is 0.209 e. The summed E-state index contributed by atoms with van der Waals surface area (Å²) < 4.78 is 0. The first-order valence-electron chi connectivity index (χ1n) is 5.80. The Labute approximate surface area is 86.1 Å². The maximum Gasteiger partial charge on any atom is 0.209 e. The van der Waals surface area contributed by atoms with Crippen molar-refractivity contribution in [3.8, 4) is 0 Å². The second-order valence-corrected chi connectivity index (χ2v) is 4.62. The van der Waals surface area contributed by atoms with Gasteiger partial charge in [-0.3, -0.25) is 4.79 Å². The third-order valence-corrected chi connectivity index (χ3v) is 3.41. The van der Waals surface area contributed by atoms with Gasteiger partial charge >= 0.3 is 0 Å². The molecule has 3 nitrogen and oxygen atoms in total. The molecular formula is C11H20N2O. The van der Waals surface area contributed by atoms with Crippen molar-refractivity contribution in [3.05, 3.63) is 0 Å². The number of hydrogen-bond donors (Lipinski definition) is 0. The Morgan fingerprint density at radius 3 is 2.64 bits per heavy atom. The minimum absolute atomic E-state index is 0.729. The van der Waals surface area contributed by atoms with Crippen molar-refractivity contribution < 1.29 is 4.79 Å². The van der Waals surface area contributed by atoms with Crippen LogP contribution in [0.2, 0.25) is 0 Å². The largest absolute Gasteiger partial charge is 0.345 e. The van der Waals surface area contributed by atoms with Crippen LogP contribution in [-0.2, 0) is 4.79 Å². The monoisotopic (exact) mass is 196 g/mol. The third kappa shape index (κ3) is 2.47. The maximum atomic E-state index is 10.7. The van der Waals surface area contributed by atoms with E-state index in [0.717, 1.165) is 25.4 Å². The predicted molar refractivity (Wildman–Crippen MR) is 56.0 cm³/mol. The van der Waals surface area contributed by atoms with Crippen LogP contribution in [0.1, 0.15) is 25.7 Å². The summed E-state index contributed by atoms with van der Waals surface area (Å²) in [6.45, 7) is 5.72. The number of carbonyl (C=O) groups is 1. The average molecular weight is 196 g/mol. The molecule has 0 bridgehead atoms. The van der Waals surface area contributed by atoms with Crippen LogP contribution >= 0.6 is 0 Å². The Kier molecular flexibility index (Phi) is 3.40. The Hall–Kier alpha value is -0.570. The molecule has 2 rings (SSSR count). The molecule has 2 heterocycles. The molecule has 1 amide bonds. The summed E-state index contributed by atoms with van der Waals surface area (Å²) in [6.07, 6.45) is 6.24. The summed E-state index contributed by atoms with van der Waals surface area (Å²) in [4.78, 5) is 15.1. The third-order valence-electron chi connectivity index (χ3n) is 3.41. The fourth-order valence-corrected chi connectivity index (χ4v) is 2.67. The summed E-state index contributed by atoms with van der Waals surface area (Å²) in [5.74, 6) is 0.729. The molecule has 1 atom stereocenters. The van der Waals surface area contributed by atoms with E-state index >= 15 is 0 Å². The van der Waals surface area contributed by atoms with Gasteiger partial charge in [0.05, 0.1) is 0 Å². The molecule has 0 spiro atoms. The van der Waals surface area contributed by atoms with E-state index < -0.39 is 0 Å². The van der Waals surface area contributed by atoms with E-state index in [9.17, 15) is 4.79 Å². The minimum atomic E-state index is 0.729. The van der Waals surface area contributed by atoms with Crippen LogP contribution in [0.15, 0.2) is 0 Å². The van der Waals surface area contributed by atoms with Crippen LogP contribution in [0.3, 0.4) is 0 Å². The normalized spacial score (nSPS) is 29.4. The minimum Gasteiger partial charge on any atom is -0.345 e. The van der Waals surface area contributed by atoms with Crippen LogP contribution in [0, 0.1) is 5.92 Å². The lowest BCUT2D eigenvalue weighted by molar-refractivity contribution is -0.119. The van der Waals surface area contributed by atoms with E-state index in [1.54, 1.807) is 0 Å². The average Bonchev–Trinajstić information content (AvgIpc) is 2.71. The van der Waals surface area contributed by atoms with Crippen molar-refractivity contribution in [2.75, 3.05) is 32.7 Å². The zero-order chi connectivity index (χ0) is 9.80. The number of rotatable bonds is 3. The molecule has 0 saturated carbocycles. The van der Waals surface area contributed by atoms with Crippen molar-refractivity contribution in [1.82, 2.24) is 9.80 Å². The highest BCUT2D eigenvalue weighted by Crippen LogP contribution is 2.18. The quantitative estimate of drug-likeness (QED) is 0.627. The number of carbonyl (C=O) groups excluding carboxylic acids is 1. The lowest BCUT2D eigenvalue weighted by Gasteiger charge is -2.32. The summed E-state index contributed by atoms with van der Waals surface area (Å²) in [5.41, 5.74) is 0. The van der Waals surface area contributed by atoms with Gasteiger partial charge < -0.3 is 9.80 Å². The molecule has 80 valence electrons. The summed E-state index contributed by atoms with van der Waals surface area (Å²) in [6, 6.07) is 0. The molecule has 0 N–H and O–H groups in total. The highest BCUT2D eigenvalue weighted by atomic mass is 16.1. The summed E-state index contributed by atoms with van der Waals surface area (Å²) in [7, 11) is 0. The number of nitrogens with zero attached hydrogens (tertiary/aromatic N) is 2. The lowest BCUT2D eigenvalue weighted by Crippen LogP contribution is -2.39. The number of likely N-dealkylation sites (tertiary alicyclic amines) is 2. The summed E-state index contributed by atoms with van der Waals surface area (Å²) in [5, 5.41) is 0. The van der Waals surface area contributed by atoms with Gasteiger partial charge in [0.2, 0.25) is 6.41 Å². The second kappa shape index (κ2) is 4.78. The van der Waals surface area contributed by atoms with Crippen molar-refractivity contribution in [3.63, 3.8) is 0 Å². The molecule has 0 aromatic heterocycles. The van der Waals surface area contributed by atoms with Gasteiger partial charge in [0.15, 0.2) is 0 Å². The molecule has 0 aliphatic carbocycles. The van der Waals surface area contributed by atoms with Gasteiger partial charge in [-0.25, -0.2) is 0 Å². The Morgan fingerprint density at radius 1 is 1.14 bits per heavy atom. The van der Waals surface area contributed by atoms with Gasteiger partial charge in [-0.05, 0) is 44.7 Å². The predicted octanol–water partition coefficient (Wildman–Crippen LogP) is 0.951. The zero-order valence-electron chi connectivity index (χ0n) is 8.82. The Balaban J connectivity index is 1.76. The van der Waals surface area contributed by atoms with E-state index in [1.165, 1.54) is 45.3 Å². The molecular weight excluding hydrogens is 176 g/mol. The van der Waals surface area contributed by atoms with Crippen LogP contribution in [-0.4, -0.2) is 48.9 Å². The molecule has 0 aromatic rings. The Morgan fingerprint density at radius 2 is 1.93 bits per heavy atom. The van der Waals surface area contributed by atoms with Gasteiger partial charge in [0.1, 0.15) is 0 Å². The first-order valence-corrected chi connectivity index (χ1v) is 5.80. The number of hydrogen-bond acceptors (Lipinski definition) is 2. The SMILES string of the molecule is O=CN1CCCC(CN2CCCC2)C1. The van der Waals surface area contributed by atoms with Crippen molar-refractivity contribution in [2.45, 2.75) is 25.7 Å². The van der Waals surface area contributed by atoms with Crippen molar-refractivity contribution in [1.29, 1.82) is 0 Å². The van der Waals surface area contributed by atoms with E-state index in [-0.39, 0.29) is 0 Å². The van der Waals surface area contributed by atoms with Crippen LogP contribution < -0.4 is 0 Å². The number of amides is 1. The van der Waals surface area contributed by atoms with E-state index in [1.807, 2.05) is 4.90 Å². The van der Waals surface area contributed by atoms with E-state index in [2.05, 4.69) is 4.90 Å². The van der Waals surface area contributed by atoms with Gasteiger partial charge in [-0.2, -0.15) is 0 Å². The fourth-order valence-electron chi connectivity index (χ4n) is 2.67. The van der Waals surface area contributed by atoms with Crippen molar-refractivity contribution in [2.24, 2.45) is 5.92 Å². The highest BCUT2D eigenvalue weighted by Gasteiger charge is 2.22. The first kappa shape index (κ1) is 9.97. The summed E-state index contributed by atoms with van der Waals surface area (Å²) >= 11 is 0. The molecule has 2 saturated heterocycles. The van der Waals surface area contributed by atoms with Gasteiger partial charge in [-0.1, -0.05) is 0 Å². The first-order chi connectivity index (χ1) is 6.88. The van der Waals surface area contributed by atoms with Gasteiger partial charge in [0.25, 0.3) is 0 Å². The highest BCUT2D eigenvalue weighted by molar-refractivity contribution is 5.47. The zero-order valence-corrected chi connectivity index (χ0v) is 8.82. The number of piperidine rings is 1. The maximum absolute atomic E-state index is 10.7. The standard InChI is InChI=1S/C11H20N2O/c14-10-13-7-3-4-11(9-13)8-12-5-1-2-6-12/h10-11H,1-9H2. The molecule has 14 heavy (non-hydrogen) atoms. The molecule has 1 unspecified atom stereocenters. The van der Waals surface area contributed by atoms with Gasteiger partial charge in [0, 0.05) is 19.6 Å². The molecule has 3 heteroatoms. The lowest BCUT2D eigenvalue weighted by atomic mass is 9.98. The second-order valence-electron chi connectivity index (χ2n) is 4.62. The van der Waals surface area contributed by atoms with E-state index in [4.69, 9.17) is 0 Å². The Bertz CT molecular complexity index is 190. The molecule has 2 fully saturated rings. The molecule has 0 aromatic carbocycles. The topological polar surface area (TPSA) is 23.6 Å². The van der Waals surface area contributed by atoms with Crippen molar-refractivity contribution >= 4 is 6.41 Å². The molecule has 2 aliphatic heterocycles. The van der Waals surface area contributed by atoms with Gasteiger partial charge in [-0.15, -0.1) is 0 Å².